The zero-order valence-corrected chi connectivity index (χ0v) is 17.8. The average molecular weight is 444 g/mol. The summed E-state index contributed by atoms with van der Waals surface area (Å²) in [6.45, 7) is 12.2. The van der Waals surface area contributed by atoms with E-state index in [4.69, 9.17) is 0 Å². The highest BCUT2D eigenvalue weighted by atomic mass is 127. The van der Waals surface area contributed by atoms with Crippen molar-refractivity contribution in [3.05, 3.63) is 62.7 Å². The quantitative estimate of drug-likeness (QED) is 0.397. The maximum atomic E-state index is 4.68. The normalized spacial score (nSPS) is 16.1. The Balaban J connectivity index is 2.03. The minimum absolute atomic E-state index is 0.0502. The number of nitrogens with zero attached hydrogens (tertiary/aromatic N) is 2. The summed E-state index contributed by atoms with van der Waals surface area (Å²) < 4.78 is 1.20. The summed E-state index contributed by atoms with van der Waals surface area (Å²) in [5.41, 5.74) is 7.47. The van der Waals surface area contributed by atoms with Gasteiger partial charge in [-0.2, -0.15) is 0 Å². The highest BCUT2D eigenvalue weighted by Gasteiger charge is 2.30. The van der Waals surface area contributed by atoms with Gasteiger partial charge in [-0.05, 0) is 104 Å². The van der Waals surface area contributed by atoms with Gasteiger partial charge in [0.25, 0.3) is 0 Å². The van der Waals surface area contributed by atoms with Gasteiger partial charge in [0.2, 0.25) is 0 Å². The van der Waals surface area contributed by atoms with Crippen LogP contribution in [0.25, 0.3) is 5.57 Å². The van der Waals surface area contributed by atoms with Crippen molar-refractivity contribution in [2.45, 2.75) is 40.2 Å². The largest absolute Gasteiger partial charge is 0.363 e. The van der Waals surface area contributed by atoms with Crippen molar-refractivity contribution in [1.82, 2.24) is 0 Å². The Morgan fingerprint density at radius 2 is 1.92 bits per heavy atom. The highest BCUT2D eigenvalue weighted by Crippen LogP contribution is 2.39. The van der Waals surface area contributed by atoms with E-state index in [1.807, 2.05) is 18.3 Å². The molecule has 0 N–H and O–H groups in total. The third kappa shape index (κ3) is 3.66. The van der Waals surface area contributed by atoms with E-state index in [1.54, 1.807) is 0 Å². The van der Waals surface area contributed by atoms with Crippen molar-refractivity contribution in [1.29, 1.82) is 0 Å². The zero-order chi connectivity index (χ0) is 18.2. The van der Waals surface area contributed by atoms with Crippen LogP contribution < -0.4 is 4.90 Å². The maximum absolute atomic E-state index is 4.68. The second-order valence-corrected chi connectivity index (χ2v) is 8.43. The summed E-state index contributed by atoms with van der Waals surface area (Å²) >= 11 is 2.32. The second-order valence-electron chi connectivity index (χ2n) is 7.19. The smallest absolute Gasteiger partial charge is 0.0640 e. The molecule has 2 nitrogen and oxygen atoms in total. The third-order valence-corrected chi connectivity index (χ3v) is 5.51. The lowest BCUT2D eigenvalue weighted by Crippen LogP contribution is -2.45. The fourth-order valence-electron chi connectivity index (χ4n) is 3.66. The summed E-state index contributed by atoms with van der Waals surface area (Å²) in [4.78, 5) is 7.15. The van der Waals surface area contributed by atoms with Crippen molar-refractivity contribution < 1.29 is 0 Å². The minimum atomic E-state index is 0.0502. The van der Waals surface area contributed by atoms with Crippen LogP contribution in [0.4, 0.5) is 11.4 Å². The van der Waals surface area contributed by atoms with Gasteiger partial charge in [-0.1, -0.05) is 12.1 Å². The minimum Gasteiger partial charge on any atom is -0.363 e. The van der Waals surface area contributed by atoms with Gasteiger partial charge >= 0.3 is 0 Å². The van der Waals surface area contributed by atoms with Gasteiger partial charge in [0.15, 0.2) is 0 Å². The molecule has 25 heavy (non-hydrogen) atoms. The first-order chi connectivity index (χ1) is 11.8. The molecule has 3 rings (SSSR count). The molecule has 0 aromatic heterocycles. The van der Waals surface area contributed by atoms with E-state index in [0.717, 1.165) is 12.2 Å². The number of halogens is 1. The fraction of sp³-hybridized carbons (Fsp3) is 0.318. The Bertz CT molecular complexity index is 862. The molecule has 0 amide bonds. The monoisotopic (exact) mass is 444 g/mol. The Kier molecular flexibility index (Phi) is 5.05. The molecule has 130 valence electrons. The highest BCUT2D eigenvalue weighted by molar-refractivity contribution is 14.1. The van der Waals surface area contributed by atoms with Crippen LogP contribution in [0.15, 0.2) is 47.5 Å². The van der Waals surface area contributed by atoms with Gasteiger partial charge in [0.1, 0.15) is 0 Å². The molecule has 0 unspecified atom stereocenters. The standard InChI is InChI=1S/C22H25IN2/c1-6-25-21-10-15(2)17(11-20(21)16(3)13-22(25,4)5)14-24-19-9-7-8-18(23)12-19/h7-14H,6H2,1-5H3. The van der Waals surface area contributed by atoms with Crippen LogP contribution in [0.2, 0.25) is 0 Å². The van der Waals surface area contributed by atoms with E-state index in [9.17, 15) is 0 Å². The SMILES string of the molecule is CCN1c2cc(C)c(C=Nc3cccc(I)c3)cc2C(C)=CC1(C)C. The number of aliphatic imine (C=N–C) groups is 1. The van der Waals surface area contributed by atoms with Gasteiger partial charge < -0.3 is 4.90 Å². The number of fused-ring (bicyclic) bond motifs is 1. The predicted octanol–water partition coefficient (Wildman–Crippen LogP) is 6.37. The first-order valence-electron chi connectivity index (χ1n) is 8.73. The fourth-order valence-corrected chi connectivity index (χ4v) is 4.19. The van der Waals surface area contributed by atoms with Gasteiger partial charge in [0.05, 0.1) is 11.2 Å². The number of likely N-dealkylation sites (N-methyl/N-ethyl adjacent to an activating group) is 1. The number of aryl methyl sites for hydroxylation is 1. The molecule has 0 fully saturated rings. The Labute approximate surface area is 164 Å². The number of rotatable bonds is 3. The van der Waals surface area contributed by atoms with Crippen LogP contribution in [0.5, 0.6) is 0 Å². The van der Waals surface area contributed by atoms with Crippen LogP contribution in [0, 0.1) is 10.5 Å². The summed E-state index contributed by atoms with van der Waals surface area (Å²) in [7, 11) is 0. The molecule has 0 saturated carbocycles. The van der Waals surface area contributed by atoms with Gasteiger partial charge in [0, 0.05) is 27.6 Å². The van der Waals surface area contributed by atoms with E-state index >= 15 is 0 Å². The van der Waals surface area contributed by atoms with Crippen molar-refractivity contribution >= 4 is 45.8 Å². The Hall–Kier alpha value is -1.62. The van der Waals surface area contributed by atoms with Crippen LogP contribution in [-0.4, -0.2) is 18.3 Å². The molecule has 0 aliphatic carbocycles. The first kappa shape index (κ1) is 18.2. The molecule has 2 aromatic rings. The molecular formula is C22H25IN2. The molecular weight excluding hydrogens is 419 g/mol. The van der Waals surface area contributed by atoms with Gasteiger partial charge in [-0.3, -0.25) is 4.99 Å². The Morgan fingerprint density at radius 3 is 2.60 bits per heavy atom. The Morgan fingerprint density at radius 1 is 1.16 bits per heavy atom. The average Bonchev–Trinajstić information content (AvgIpc) is 2.53. The van der Waals surface area contributed by atoms with Crippen molar-refractivity contribution in [2.75, 3.05) is 11.4 Å². The molecule has 0 bridgehead atoms. The zero-order valence-electron chi connectivity index (χ0n) is 15.6. The van der Waals surface area contributed by atoms with Crippen molar-refractivity contribution in [3.63, 3.8) is 0 Å². The molecule has 0 saturated heterocycles. The summed E-state index contributed by atoms with van der Waals surface area (Å²) in [6, 6.07) is 12.9. The lowest BCUT2D eigenvalue weighted by atomic mass is 9.87. The third-order valence-electron chi connectivity index (χ3n) is 4.84. The molecule has 1 aliphatic rings. The summed E-state index contributed by atoms with van der Waals surface area (Å²) in [5, 5.41) is 0. The molecule has 0 atom stereocenters. The first-order valence-corrected chi connectivity index (χ1v) is 9.81. The topological polar surface area (TPSA) is 15.6 Å². The van der Waals surface area contributed by atoms with Crippen molar-refractivity contribution in [2.24, 2.45) is 4.99 Å². The van der Waals surface area contributed by atoms with Crippen LogP contribution in [0.1, 0.15) is 44.4 Å². The van der Waals surface area contributed by atoms with Crippen LogP contribution in [-0.2, 0) is 0 Å². The molecule has 0 spiro atoms. The maximum Gasteiger partial charge on any atom is 0.0640 e. The number of benzene rings is 2. The van der Waals surface area contributed by atoms with Crippen molar-refractivity contribution in [3.8, 4) is 0 Å². The number of hydrogen-bond donors (Lipinski definition) is 0. The van der Waals surface area contributed by atoms with E-state index in [0.29, 0.717) is 0 Å². The molecule has 1 aliphatic heterocycles. The number of allylic oxidation sites excluding steroid dienone is 1. The molecule has 2 aromatic carbocycles. The van der Waals surface area contributed by atoms with E-state index in [-0.39, 0.29) is 5.54 Å². The number of hydrogen-bond acceptors (Lipinski definition) is 2. The lowest BCUT2D eigenvalue weighted by Gasteiger charge is -2.43. The lowest BCUT2D eigenvalue weighted by molar-refractivity contribution is 0.566. The van der Waals surface area contributed by atoms with E-state index in [2.05, 4.69) is 97.4 Å². The van der Waals surface area contributed by atoms with Crippen LogP contribution >= 0.6 is 22.6 Å². The van der Waals surface area contributed by atoms with Crippen LogP contribution in [0.3, 0.4) is 0 Å². The molecule has 3 heteroatoms. The predicted molar refractivity (Wildman–Crippen MR) is 118 cm³/mol. The second kappa shape index (κ2) is 6.94. The summed E-state index contributed by atoms with van der Waals surface area (Å²) in [5.74, 6) is 0. The number of anilines is 1. The molecule has 1 heterocycles. The van der Waals surface area contributed by atoms with Gasteiger partial charge in [-0.15, -0.1) is 0 Å². The van der Waals surface area contributed by atoms with E-state index < -0.39 is 0 Å². The summed E-state index contributed by atoms with van der Waals surface area (Å²) in [6.07, 6.45) is 4.36. The van der Waals surface area contributed by atoms with E-state index in [1.165, 1.54) is 31.5 Å². The molecule has 0 radical (unpaired) electrons. The van der Waals surface area contributed by atoms with Gasteiger partial charge in [-0.25, -0.2) is 0 Å².